The summed E-state index contributed by atoms with van der Waals surface area (Å²) in [6.45, 7) is 0. The summed E-state index contributed by atoms with van der Waals surface area (Å²) in [7, 11) is 0. The zero-order valence-corrected chi connectivity index (χ0v) is 9.36. The molecule has 86 valence electrons. The average molecular weight is 241 g/mol. The minimum Gasteiger partial charge on any atom is -0.390 e. The minimum absolute atomic E-state index is 0.0617. The van der Waals surface area contributed by atoms with Gasteiger partial charge < -0.3 is 10.2 Å². The van der Waals surface area contributed by atoms with E-state index in [1.54, 1.807) is 0 Å². The third-order valence-corrected chi connectivity index (χ3v) is 2.49. The van der Waals surface area contributed by atoms with E-state index in [0.717, 1.165) is 6.07 Å². The number of aliphatic hydroxyl groups is 2. The van der Waals surface area contributed by atoms with E-state index in [1.165, 1.54) is 12.1 Å². The number of benzene rings is 1. The van der Waals surface area contributed by atoms with Gasteiger partial charge in [-0.1, -0.05) is 0 Å². The molecule has 1 rings (SSSR count). The van der Waals surface area contributed by atoms with Gasteiger partial charge in [0.15, 0.2) is 0 Å². The predicted octanol–water partition coefficient (Wildman–Crippen LogP) is 1.41. The Labute approximate surface area is 98.6 Å². The van der Waals surface area contributed by atoms with Gasteiger partial charge in [-0.3, -0.25) is 0 Å². The van der Waals surface area contributed by atoms with E-state index in [9.17, 15) is 14.6 Å². The van der Waals surface area contributed by atoms with E-state index in [-0.39, 0.29) is 17.5 Å². The minimum atomic E-state index is -1.33. The number of halogens is 1. The fourth-order valence-corrected chi connectivity index (χ4v) is 1.60. The summed E-state index contributed by atoms with van der Waals surface area (Å²) in [6.07, 6.45) is -2.16. The van der Waals surface area contributed by atoms with E-state index in [0.29, 0.717) is 5.75 Å². The fraction of sp³-hybridized carbons (Fsp3) is 0.364. The van der Waals surface area contributed by atoms with Gasteiger partial charge in [0.2, 0.25) is 0 Å². The molecule has 2 unspecified atom stereocenters. The summed E-state index contributed by atoms with van der Waals surface area (Å²) in [6, 6.07) is 5.50. The molecule has 1 aromatic rings. The first-order valence-corrected chi connectivity index (χ1v) is 5.40. The highest BCUT2D eigenvalue weighted by Gasteiger charge is 2.21. The lowest BCUT2D eigenvalue weighted by atomic mass is 10.0. The van der Waals surface area contributed by atoms with Gasteiger partial charge in [0.1, 0.15) is 11.9 Å². The van der Waals surface area contributed by atoms with Crippen LogP contribution in [0, 0.1) is 17.1 Å². The summed E-state index contributed by atoms with van der Waals surface area (Å²) in [5.41, 5.74) is 0.182. The normalized spacial score (nSPS) is 14.2. The monoisotopic (exact) mass is 241 g/mol. The first kappa shape index (κ1) is 13.0. The molecule has 0 aromatic heterocycles. The molecule has 0 heterocycles. The third kappa shape index (κ3) is 2.95. The molecular weight excluding hydrogens is 229 g/mol. The first-order valence-electron chi connectivity index (χ1n) is 4.76. The number of hydrogen-bond donors (Lipinski definition) is 3. The number of aliphatic hydroxyl groups excluding tert-OH is 2. The van der Waals surface area contributed by atoms with Crippen LogP contribution in [0.5, 0.6) is 0 Å². The van der Waals surface area contributed by atoms with E-state index < -0.39 is 18.0 Å². The third-order valence-electron chi connectivity index (χ3n) is 2.23. The zero-order valence-electron chi connectivity index (χ0n) is 8.47. The van der Waals surface area contributed by atoms with Crippen LogP contribution in [0.2, 0.25) is 0 Å². The van der Waals surface area contributed by atoms with Crippen LogP contribution in [0.25, 0.3) is 0 Å². The molecule has 0 saturated heterocycles. The van der Waals surface area contributed by atoms with Crippen LogP contribution in [-0.4, -0.2) is 22.1 Å². The Morgan fingerprint density at radius 1 is 1.44 bits per heavy atom. The SMILES string of the molecule is N#Cc1ccc(F)c(C(O)C(O)CCS)c1. The quantitative estimate of drug-likeness (QED) is 0.698. The smallest absolute Gasteiger partial charge is 0.129 e. The highest BCUT2D eigenvalue weighted by Crippen LogP contribution is 2.23. The molecule has 1 aromatic carbocycles. The molecular formula is C11H12FNO2S. The summed E-state index contributed by atoms with van der Waals surface area (Å²) >= 11 is 3.91. The summed E-state index contributed by atoms with van der Waals surface area (Å²) < 4.78 is 13.4. The van der Waals surface area contributed by atoms with E-state index in [4.69, 9.17) is 5.26 Å². The Hall–Kier alpha value is -1.09. The van der Waals surface area contributed by atoms with Gasteiger partial charge >= 0.3 is 0 Å². The van der Waals surface area contributed by atoms with Crippen molar-refractivity contribution in [1.29, 1.82) is 5.26 Å². The molecule has 5 heteroatoms. The van der Waals surface area contributed by atoms with Gasteiger partial charge in [-0.2, -0.15) is 17.9 Å². The topological polar surface area (TPSA) is 64.2 Å². The summed E-state index contributed by atoms with van der Waals surface area (Å²) in [5.74, 6) is -0.248. The average Bonchev–Trinajstić information content (AvgIpc) is 2.29. The summed E-state index contributed by atoms with van der Waals surface area (Å²) in [5, 5.41) is 27.8. The van der Waals surface area contributed by atoms with Crippen molar-refractivity contribution in [3.63, 3.8) is 0 Å². The van der Waals surface area contributed by atoms with Gasteiger partial charge in [0, 0.05) is 5.56 Å². The maximum Gasteiger partial charge on any atom is 0.129 e. The molecule has 2 N–H and O–H groups in total. The predicted molar refractivity (Wildman–Crippen MR) is 60.6 cm³/mol. The zero-order chi connectivity index (χ0) is 12.1. The second-order valence-corrected chi connectivity index (χ2v) is 3.82. The molecule has 0 spiro atoms. The lowest BCUT2D eigenvalue weighted by Gasteiger charge is -2.17. The molecule has 3 nitrogen and oxygen atoms in total. The van der Waals surface area contributed by atoms with Gasteiger partial charge in [-0.05, 0) is 30.4 Å². The van der Waals surface area contributed by atoms with Gasteiger partial charge in [0.05, 0.1) is 17.7 Å². The van der Waals surface area contributed by atoms with Gasteiger partial charge in [-0.25, -0.2) is 4.39 Å². The van der Waals surface area contributed by atoms with Crippen LogP contribution in [0.1, 0.15) is 23.7 Å². The first-order chi connectivity index (χ1) is 7.60. The number of hydrogen-bond acceptors (Lipinski definition) is 4. The van der Waals surface area contributed by atoms with E-state index >= 15 is 0 Å². The van der Waals surface area contributed by atoms with Crippen LogP contribution in [-0.2, 0) is 0 Å². The maximum atomic E-state index is 13.4. The van der Waals surface area contributed by atoms with Crippen molar-refractivity contribution in [3.8, 4) is 6.07 Å². The Kier molecular flexibility index (Phi) is 4.74. The molecule has 0 amide bonds. The Bertz CT molecular complexity index is 405. The highest BCUT2D eigenvalue weighted by molar-refractivity contribution is 7.80. The molecule has 0 aliphatic rings. The Morgan fingerprint density at radius 3 is 2.69 bits per heavy atom. The Balaban J connectivity index is 2.98. The van der Waals surface area contributed by atoms with E-state index in [1.807, 2.05) is 6.07 Å². The largest absolute Gasteiger partial charge is 0.390 e. The second-order valence-electron chi connectivity index (χ2n) is 3.37. The molecule has 16 heavy (non-hydrogen) atoms. The maximum absolute atomic E-state index is 13.4. The van der Waals surface area contributed by atoms with Crippen molar-refractivity contribution in [2.24, 2.45) is 0 Å². The number of nitriles is 1. The lowest BCUT2D eigenvalue weighted by Crippen LogP contribution is -2.19. The highest BCUT2D eigenvalue weighted by atomic mass is 32.1. The molecule has 0 aliphatic carbocycles. The number of thiol groups is 1. The second kappa shape index (κ2) is 5.85. The van der Waals surface area contributed by atoms with Crippen LogP contribution in [0.3, 0.4) is 0 Å². The van der Waals surface area contributed by atoms with Crippen molar-refractivity contribution in [3.05, 3.63) is 35.1 Å². The standard InChI is InChI=1S/C11H12FNO2S/c12-9-2-1-7(6-13)5-8(9)11(15)10(14)3-4-16/h1-2,5,10-11,14-16H,3-4H2. The van der Waals surface area contributed by atoms with Crippen molar-refractivity contribution in [2.45, 2.75) is 18.6 Å². The van der Waals surface area contributed by atoms with Crippen molar-refractivity contribution >= 4 is 12.6 Å². The Morgan fingerprint density at radius 2 is 2.12 bits per heavy atom. The fourth-order valence-electron chi connectivity index (χ4n) is 1.34. The van der Waals surface area contributed by atoms with Gasteiger partial charge in [-0.15, -0.1) is 0 Å². The van der Waals surface area contributed by atoms with Crippen molar-refractivity contribution in [1.82, 2.24) is 0 Å². The summed E-state index contributed by atoms with van der Waals surface area (Å²) in [4.78, 5) is 0. The van der Waals surface area contributed by atoms with Crippen molar-refractivity contribution in [2.75, 3.05) is 5.75 Å². The molecule has 2 atom stereocenters. The van der Waals surface area contributed by atoms with Crippen molar-refractivity contribution < 1.29 is 14.6 Å². The molecule has 0 radical (unpaired) electrons. The van der Waals surface area contributed by atoms with Crippen LogP contribution in [0.4, 0.5) is 4.39 Å². The molecule has 0 fully saturated rings. The lowest BCUT2D eigenvalue weighted by molar-refractivity contribution is 0.0151. The van der Waals surface area contributed by atoms with E-state index in [2.05, 4.69) is 12.6 Å². The van der Waals surface area contributed by atoms with Crippen LogP contribution in [0.15, 0.2) is 18.2 Å². The van der Waals surface area contributed by atoms with Crippen LogP contribution >= 0.6 is 12.6 Å². The van der Waals surface area contributed by atoms with Crippen LogP contribution < -0.4 is 0 Å². The molecule has 0 bridgehead atoms. The molecule has 0 saturated carbocycles. The van der Waals surface area contributed by atoms with Gasteiger partial charge in [0.25, 0.3) is 0 Å². The molecule has 0 aliphatic heterocycles. The number of rotatable bonds is 4. The number of nitrogens with zero attached hydrogens (tertiary/aromatic N) is 1.